The molecule has 0 aliphatic carbocycles. The third-order valence-corrected chi connectivity index (χ3v) is 5.94. The van der Waals surface area contributed by atoms with Crippen molar-refractivity contribution in [1.82, 2.24) is 20.5 Å². The number of imide groups is 2. The summed E-state index contributed by atoms with van der Waals surface area (Å²) in [6.07, 6.45) is -1.19. The van der Waals surface area contributed by atoms with Crippen LogP contribution in [0.4, 0.5) is 4.79 Å². The Morgan fingerprint density at radius 2 is 1.83 bits per heavy atom. The molecular weight excluding hydrogens is 552 g/mol. The molecule has 2 aliphatic heterocycles. The Balaban J connectivity index is 1.37. The highest BCUT2D eigenvalue weighted by Gasteiger charge is 2.46. The molecule has 1 fully saturated rings. The number of carbonyl (C=O) groups is 5. The van der Waals surface area contributed by atoms with E-state index in [4.69, 9.17) is 18.9 Å². The first-order valence-corrected chi connectivity index (χ1v) is 13.6. The Kier molecular flexibility index (Phi) is 11.3. The molecule has 1 aromatic carbocycles. The molecule has 15 heteroatoms. The van der Waals surface area contributed by atoms with Crippen LogP contribution in [-0.2, 0) is 23.8 Å². The fraction of sp³-hybridized carbons (Fsp3) is 0.593. The lowest BCUT2D eigenvalue weighted by Crippen LogP contribution is -2.54. The molecule has 0 spiro atoms. The SMILES string of the molecule is CC(N=NN(C)CCOCCOCCNC(=O)OC(C)(C)C)Oc1cccc2c1C(=O)N(C1CCC(=O)NC1=O)C2=O. The van der Waals surface area contributed by atoms with Gasteiger partial charge in [0.1, 0.15) is 17.4 Å². The first-order chi connectivity index (χ1) is 19.9. The number of rotatable bonds is 14. The van der Waals surface area contributed by atoms with Gasteiger partial charge in [-0.2, -0.15) is 0 Å². The Bertz CT molecular complexity index is 1200. The number of ether oxygens (including phenoxy) is 4. The van der Waals surface area contributed by atoms with Gasteiger partial charge in [-0.3, -0.25) is 34.4 Å². The number of benzene rings is 1. The Hall–Kier alpha value is -4.11. The highest BCUT2D eigenvalue weighted by Crippen LogP contribution is 2.34. The van der Waals surface area contributed by atoms with Crippen molar-refractivity contribution in [1.29, 1.82) is 0 Å². The summed E-state index contributed by atoms with van der Waals surface area (Å²) < 4.78 is 21.9. The van der Waals surface area contributed by atoms with Crippen molar-refractivity contribution in [3.8, 4) is 5.75 Å². The summed E-state index contributed by atoms with van der Waals surface area (Å²) in [5.41, 5.74) is -0.396. The van der Waals surface area contributed by atoms with E-state index in [0.29, 0.717) is 39.5 Å². The maximum atomic E-state index is 13.2. The maximum absolute atomic E-state index is 13.2. The van der Waals surface area contributed by atoms with Crippen molar-refractivity contribution < 1.29 is 42.9 Å². The number of piperidine rings is 1. The van der Waals surface area contributed by atoms with Crippen LogP contribution in [-0.4, -0.2) is 104 Å². The minimum absolute atomic E-state index is 0.0337. The molecule has 2 aliphatic rings. The molecular formula is C27H38N6O9. The molecule has 0 saturated carbocycles. The number of nitrogens with zero attached hydrogens (tertiary/aromatic N) is 4. The minimum atomic E-state index is -1.07. The molecule has 0 bridgehead atoms. The van der Waals surface area contributed by atoms with E-state index in [1.54, 1.807) is 45.8 Å². The number of hydrogen-bond donors (Lipinski definition) is 2. The second-order valence-corrected chi connectivity index (χ2v) is 10.6. The Morgan fingerprint density at radius 1 is 1.12 bits per heavy atom. The third-order valence-electron chi connectivity index (χ3n) is 5.94. The van der Waals surface area contributed by atoms with E-state index in [2.05, 4.69) is 21.0 Å². The third kappa shape index (κ3) is 9.21. The number of alkyl carbamates (subject to hydrolysis) is 1. The summed E-state index contributed by atoms with van der Waals surface area (Å²) in [6.45, 7) is 9.16. The van der Waals surface area contributed by atoms with Gasteiger partial charge in [0.2, 0.25) is 18.0 Å². The van der Waals surface area contributed by atoms with Crippen molar-refractivity contribution in [2.75, 3.05) is 46.6 Å². The van der Waals surface area contributed by atoms with Gasteiger partial charge in [0.05, 0.1) is 44.1 Å². The predicted octanol–water partition coefficient (Wildman–Crippen LogP) is 1.67. The van der Waals surface area contributed by atoms with Crippen molar-refractivity contribution in [2.24, 2.45) is 10.3 Å². The second-order valence-electron chi connectivity index (χ2n) is 10.6. The normalized spacial score (nSPS) is 17.7. The average Bonchev–Trinajstić information content (AvgIpc) is 3.16. The molecule has 2 atom stereocenters. The van der Waals surface area contributed by atoms with Crippen molar-refractivity contribution >= 4 is 29.7 Å². The zero-order chi connectivity index (χ0) is 30.9. The molecule has 2 N–H and O–H groups in total. The summed E-state index contributed by atoms with van der Waals surface area (Å²) >= 11 is 0. The lowest BCUT2D eigenvalue weighted by atomic mass is 10.0. The maximum Gasteiger partial charge on any atom is 0.407 e. The van der Waals surface area contributed by atoms with Crippen LogP contribution in [0.15, 0.2) is 28.5 Å². The zero-order valence-corrected chi connectivity index (χ0v) is 24.5. The monoisotopic (exact) mass is 590 g/mol. The first-order valence-electron chi connectivity index (χ1n) is 13.6. The minimum Gasteiger partial charge on any atom is -0.466 e. The Morgan fingerprint density at radius 3 is 2.52 bits per heavy atom. The van der Waals surface area contributed by atoms with Crippen LogP contribution in [0, 0.1) is 0 Å². The summed E-state index contributed by atoms with van der Waals surface area (Å²) in [5, 5.41) is 14.5. The van der Waals surface area contributed by atoms with E-state index in [1.807, 2.05) is 0 Å². The molecule has 1 saturated heterocycles. The van der Waals surface area contributed by atoms with Crippen LogP contribution in [0.5, 0.6) is 5.75 Å². The van der Waals surface area contributed by atoms with Crippen LogP contribution < -0.4 is 15.4 Å². The van der Waals surface area contributed by atoms with E-state index in [9.17, 15) is 24.0 Å². The molecule has 230 valence electrons. The number of carbonyl (C=O) groups excluding carboxylic acids is 5. The summed E-state index contributed by atoms with van der Waals surface area (Å²) in [7, 11) is 1.71. The molecule has 2 heterocycles. The fourth-order valence-corrected chi connectivity index (χ4v) is 4.05. The van der Waals surface area contributed by atoms with Gasteiger partial charge in [-0.25, -0.2) is 4.79 Å². The van der Waals surface area contributed by atoms with Crippen molar-refractivity contribution in [3.05, 3.63) is 29.3 Å². The van der Waals surface area contributed by atoms with Crippen LogP contribution in [0.25, 0.3) is 0 Å². The van der Waals surface area contributed by atoms with Gasteiger partial charge in [-0.15, -0.1) is 5.11 Å². The molecule has 42 heavy (non-hydrogen) atoms. The topological polar surface area (TPSA) is 178 Å². The van der Waals surface area contributed by atoms with E-state index < -0.39 is 47.6 Å². The van der Waals surface area contributed by atoms with Crippen LogP contribution in [0.1, 0.15) is 61.3 Å². The lowest BCUT2D eigenvalue weighted by Gasteiger charge is -2.27. The van der Waals surface area contributed by atoms with Gasteiger partial charge >= 0.3 is 6.09 Å². The molecule has 5 amide bonds. The van der Waals surface area contributed by atoms with E-state index in [-0.39, 0.29) is 29.7 Å². The molecule has 0 radical (unpaired) electrons. The molecule has 3 rings (SSSR count). The van der Waals surface area contributed by atoms with Crippen LogP contribution in [0.3, 0.4) is 0 Å². The molecule has 2 unspecified atom stereocenters. The summed E-state index contributed by atoms with van der Waals surface area (Å²) in [4.78, 5) is 62.3. The molecule has 15 nitrogen and oxygen atoms in total. The van der Waals surface area contributed by atoms with Gasteiger partial charge in [-0.05, 0) is 46.2 Å². The van der Waals surface area contributed by atoms with Gasteiger partial charge in [0.25, 0.3) is 11.8 Å². The molecule has 0 aromatic heterocycles. The second kappa shape index (κ2) is 14.7. The number of fused-ring (bicyclic) bond motifs is 1. The van der Waals surface area contributed by atoms with Gasteiger partial charge < -0.3 is 24.3 Å². The van der Waals surface area contributed by atoms with E-state index >= 15 is 0 Å². The van der Waals surface area contributed by atoms with Crippen LogP contribution >= 0.6 is 0 Å². The largest absolute Gasteiger partial charge is 0.466 e. The summed E-state index contributed by atoms with van der Waals surface area (Å²) in [6, 6.07) is 3.53. The van der Waals surface area contributed by atoms with Crippen molar-refractivity contribution in [2.45, 2.75) is 58.4 Å². The molecule has 1 aromatic rings. The first kappa shape index (κ1) is 32.4. The van der Waals surface area contributed by atoms with E-state index in [0.717, 1.165) is 4.90 Å². The van der Waals surface area contributed by atoms with Gasteiger partial charge in [0, 0.05) is 20.0 Å². The highest BCUT2D eigenvalue weighted by molar-refractivity contribution is 6.24. The average molecular weight is 591 g/mol. The smallest absolute Gasteiger partial charge is 0.407 e. The predicted molar refractivity (Wildman–Crippen MR) is 147 cm³/mol. The van der Waals surface area contributed by atoms with Crippen molar-refractivity contribution in [3.63, 3.8) is 0 Å². The van der Waals surface area contributed by atoms with Gasteiger partial charge in [-0.1, -0.05) is 11.3 Å². The fourth-order valence-electron chi connectivity index (χ4n) is 4.05. The van der Waals surface area contributed by atoms with E-state index in [1.165, 1.54) is 12.1 Å². The lowest BCUT2D eigenvalue weighted by molar-refractivity contribution is -0.136. The number of amides is 5. The Labute approximate surface area is 243 Å². The van der Waals surface area contributed by atoms with Crippen LogP contribution in [0.2, 0.25) is 0 Å². The van der Waals surface area contributed by atoms with Gasteiger partial charge in [0.15, 0.2) is 0 Å². The number of hydrogen-bond acceptors (Lipinski definition) is 11. The standard InChI is InChI=1S/C27H38N6O9/c1-17(30-31-32(5)12-14-40-16-15-39-13-11-28-26(38)42-27(2,3)4)41-20-8-6-7-18-22(20)25(37)33(24(18)36)19-9-10-21(34)29-23(19)35/h6-8,17,19H,9-16H2,1-5H3,(H,28,38)(H,29,34,35). The summed E-state index contributed by atoms with van der Waals surface area (Å²) in [5.74, 6) is -2.27. The quantitative estimate of drug-likeness (QED) is 0.140. The zero-order valence-electron chi connectivity index (χ0n) is 24.5. The highest BCUT2D eigenvalue weighted by atomic mass is 16.6. The number of likely N-dealkylation sites (N-methyl/N-ethyl adjacent to an activating group) is 1. The number of nitrogens with one attached hydrogen (secondary N) is 2.